The molecule has 0 spiro atoms. The quantitative estimate of drug-likeness (QED) is 0.834. The Balaban J connectivity index is 1.89. The van der Waals surface area contributed by atoms with E-state index in [0.29, 0.717) is 5.75 Å². The lowest BCUT2D eigenvalue weighted by atomic mass is 9.76. The van der Waals surface area contributed by atoms with Gasteiger partial charge < -0.3 is 9.84 Å². The highest BCUT2D eigenvalue weighted by Gasteiger charge is 2.43. The SMILES string of the molecule is COC1(C(O)CSc2cccc(Cl)c2)CCC1. The second-order valence-corrected chi connectivity index (χ2v) is 5.94. The molecule has 0 aromatic heterocycles. The van der Waals surface area contributed by atoms with E-state index in [-0.39, 0.29) is 5.60 Å². The van der Waals surface area contributed by atoms with Gasteiger partial charge in [0.25, 0.3) is 0 Å². The Kier molecular flexibility index (Phi) is 4.36. The van der Waals surface area contributed by atoms with Crippen molar-refractivity contribution in [1.29, 1.82) is 0 Å². The maximum Gasteiger partial charge on any atom is 0.0944 e. The fourth-order valence-electron chi connectivity index (χ4n) is 2.08. The third-order valence-electron chi connectivity index (χ3n) is 3.42. The number of halogens is 1. The molecule has 1 atom stereocenters. The molecule has 1 N–H and O–H groups in total. The molecule has 2 nitrogen and oxygen atoms in total. The molecule has 1 saturated carbocycles. The maximum atomic E-state index is 10.2. The van der Waals surface area contributed by atoms with Crippen LogP contribution in [0.15, 0.2) is 29.2 Å². The Morgan fingerprint density at radius 3 is 2.82 bits per heavy atom. The van der Waals surface area contributed by atoms with Gasteiger partial charge in [-0.25, -0.2) is 0 Å². The summed E-state index contributed by atoms with van der Waals surface area (Å²) < 4.78 is 5.46. The summed E-state index contributed by atoms with van der Waals surface area (Å²) in [5, 5.41) is 10.9. The van der Waals surface area contributed by atoms with Crippen LogP contribution in [0.25, 0.3) is 0 Å². The molecule has 0 bridgehead atoms. The molecule has 1 aromatic carbocycles. The van der Waals surface area contributed by atoms with Crippen LogP contribution in [0.2, 0.25) is 5.02 Å². The fourth-order valence-corrected chi connectivity index (χ4v) is 3.38. The van der Waals surface area contributed by atoms with Crippen LogP contribution in [-0.2, 0) is 4.74 Å². The molecule has 1 aliphatic carbocycles. The Morgan fingerprint density at radius 2 is 2.29 bits per heavy atom. The molecule has 0 radical (unpaired) electrons. The number of hydrogen-bond donors (Lipinski definition) is 1. The first-order chi connectivity index (χ1) is 8.16. The van der Waals surface area contributed by atoms with Crippen molar-refractivity contribution in [3.8, 4) is 0 Å². The predicted molar refractivity (Wildman–Crippen MR) is 71.8 cm³/mol. The lowest BCUT2D eigenvalue weighted by Gasteiger charge is -2.44. The lowest BCUT2D eigenvalue weighted by Crippen LogP contribution is -2.51. The number of rotatable bonds is 5. The molecule has 0 amide bonds. The minimum absolute atomic E-state index is 0.300. The van der Waals surface area contributed by atoms with Gasteiger partial charge in [0.15, 0.2) is 0 Å². The summed E-state index contributed by atoms with van der Waals surface area (Å²) in [5.74, 6) is 0.647. The molecule has 1 fully saturated rings. The van der Waals surface area contributed by atoms with Crippen LogP contribution in [0.3, 0.4) is 0 Å². The van der Waals surface area contributed by atoms with E-state index in [1.165, 1.54) is 0 Å². The van der Waals surface area contributed by atoms with Gasteiger partial charge in [0.1, 0.15) is 0 Å². The first-order valence-electron chi connectivity index (χ1n) is 5.78. The van der Waals surface area contributed by atoms with Gasteiger partial charge in [-0.05, 0) is 37.5 Å². The molecule has 17 heavy (non-hydrogen) atoms. The van der Waals surface area contributed by atoms with Crippen LogP contribution in [0.4, 0.5) is 0 Å². The van der Waals surface area contributed by atoms with E-state index in [1.807, 2.05) is 24.3 Å². The summed E-state index contributed by atoms with van der Waals surface area (Å²) in [4.78, 5) is 1.09. The van der Waals surface area contributed by atoms with Crippen LogP contribution in [-0.4, -0.2) is 29.7 Å². The van der Waals surface area contributed by atoms with Gasteiger partial charge >= 0.3 is 0 Å². The molecular formula is C13H17ClO2S. The molecule has 0 saturated heterocycles. The van der Waals surface area contributed by atoms with Crippen molar-refractivity contribution in [1.82, 2.24) is 0 Å². The molecule has 2 rings (SSSR count). The summed E-state index contributed by atoms with van der Waals surface area (Å²) in [5.41, 5.74) is -0.300. The average Bonchev–Trinajstić information content (AvgIpc) is 2.26. The monoisotopic (exact) mass is 272 g/mol. The predicted octanol–water partition coefficient (Wildman–Crippen LogP) is 3.36. The Labute approximate surface area is 111 Å². The second-order valence-electron chi connectivity index (χ2n) is 4.41. The Bertz CT molecular complexity index is 374. The molecule has 4 heteroatoms. The van der Waals surface area contributed by atoms with Crippen molar-refractivity contribution in [3.63, 3.8) is 0 Å². The number of benzene rings is 1. The fraction of sp³-hybridized carbons (Fsp3) is 0.538. The third kappa shape index (κ3) is 2.97. The first-order valence-corrected chi connectivity index (χ1v) is 7.14. The largest absolute Gasteiger partial charge is 0.389 e. The highest BCUT2D eigenvalue weighted by atomic mass is 35.5. The van der Waals surface area contributed by atoms with Crippen molar-refractivity contribution in [2.45, 2.75) is 35.9 Å². The Morgan fingerprint density at radius 1 is 1.53 bits per heavy atom. The summed E-state index contributed by atoms with van der Waals surface area (Å²) >= 11 is 7.54. The number of ether oxygens (including phenoxy) is 1. The Hall–Kier alpha value is -0.220. The highest BCUT2D eigenvalue weighted by molar-refractivity contribution is 7.99. The standard InChI is InChI=1S/C13H17ClO2S/c1-16-13(6-3-7-13)12(15)9-17-11-5-2-4-10(14)8-11/h2,4-5,8,12,15H,3,6-7,9H2,1H3. The molecule has 94 valence electrons. The normalized spacial score (nSPS) is 19.7. The lowest BCUT2D eigenvalue weighted by molar-refractivity contribution is -0.140. The van der Waals surface area contributed by atoms with Gasteiger partial charge in [0, 0.05) is 22.8 Å². The summed E-state index contributed by atoms with van der Waals surface area (Å²) in [6.07, 6.45) is 2.65. The number of thioether (sulfide) groups is 1. The smallest absolute Gasteiger partial charge is 0.0944 e. The van der Waals surface area contributed by atoms with Crippen molar-refractivity contribution in [2.75, 3.05) is 12.9 Å². The van der Waals surface area contributed by atoms with Crippen LogP contribution < -0.4 is 0 Å². The zero-order valence-electron chi connectivity index (χ0n) is 9.86. The van der Waals surface area contributed by atoms with Crippen molar-refractivity contribution < 1.29 is 9.84 Å². The van der Waals surface area contributed by atoms with Gasteiger partial charge in [-0.15, -0.1) is 11.8 Å². The van der Waals surface area contributed by atoms with Crippen LogP contribution in [0.1, 0.15) is 19.3 Å². The van der Waals surface area contributed by atoms with E-state index in [2.05, 4.69) is 0 Å². The zero-order valence-corrected chi connectivity index (χ0v) is 11.4. The van der Waals surface area contributed by atoms with Crippen LogP contribution in [0.5, 0.6) is 0 Å². The molecule has 0 aliphatic heterocycles. The number of aliphatic hydroxyl groups is 1. The maximum absolute atomic E-state index is 10.2. The minimum Gasteiger partial charge on any atom is -0.389 e. The summed E-state index contributed by atoms with van der Waals surface area (Å²) in [6.45, 7) is 0. The molecular weight excluding hydrogens is 256 g/mol. The van der Waals surface area contributed by atoms with Gasteiger partial charge in [0.05, 0.1) is 11.7 Å². The van der Waals surface area contributed by atoms with Crippen molar-refractivity contribution in [3.05, 3.63) is 29.3 Å². The summed E-state index contributed by atoms with van der Waals surface area (Å²) in [7, 11) is 1.69. The van der Waals surface area contributed by atoms with Gasteiger partial charge in [-0.3, -0.25) is 0 Å². The van der Waals surface area contributed by atoms with Crippen LogP contribution in [0, 0.1) is 0 Å². The molecule has 0 heterocycles. The van der Waals surface area contributed by atoms with E-state index in [0.717, 1.165) is 29.2 Å². The second kappa shape index (κ2) is 5.61. The highest BCUT2D eigenvalue weighted by Crippen LogP contribution is 2.39. The molecule has 1 unspecified atom stereocenters. The average molecular weight is 273 g/mol. The van der Waals surface area contributed by atoms with E-state index < -0.39 is 6.10 Å². The van der Waals surface area contributed by atoms with E-state index in [4.69, 9.17) is 16.3 Å². The van der Waals surface area contributed by atoms with E-state index >= 15 is 0 Å². The van der Waals surface area contributed by atoms with Gasteiger partial charge in [-0.1, -0.05) is 17.7 Å². The van der Waals surface area contributed by atoms with E-state index in [1.54, 1.807) is 18.9 Å². The topological polar surface area (TPSA) is 29.5 Å². The minimum atomic E-state index is -0.412. The van der Waals surface area contributed by atoms with Crippen molar-refractivity contribution in [2.24, 2.45) is 0 Å². The van der Waals surface area contributed by atoms with E-state index in [9.17, 15) is 5.11 Å². The third-order valence-corrected chi connectivity index (χ3v) is 4.72. The van der Waals surface area contributed by atoms with Gasteiger partial charge in [-0.2, -0.15) is 0 Å². The van der Waals surface area contributed by atoms with Gasteiger partial charge in [0.2, 0.25) is 0 Å². The number of methoxy groups -OCH3 is 1. The molecule has 1 aromatic rings. The zero-order chi connectivity index (χ0) is 12.3. The summed E-state index contributed by atoms with van der Waals surface area (Å²) in [6, 6.07) is 7.69. The first kappa shape index (κ1) is 13.2. The number of hydrogen-bond acceptors (Lipinski definition) is 3. The van der Waals surface area contributed by atoms with Crippen molar-refractivity contribution >= 4 is 23.4 Å². The number of aliphatic hydroxyl groups excluding tert-OH is 1. The molecule has 1 aliphatic rings. The van der Waals surface area contributed by atoms with Crippen LogP contribution >= 0.6 is 23.4 Å².